The van der Waals surface area contributed by atoms with Crippen LogP contribution >= 0.6 is 23.2 Å². The van der Waals surface area contributed by atoms with Gasteiger partial charge in [-0.2, -0.15) is 0 Å². The number of halogens is 2. The molecule has 15 heavy (non-hydrogen) atoms. The third kappa shape index (κ3) is 3.94. The lowest BCUT2D eigenvalue weighted by Crippen LogP contribution is -1.97. The molecule has 80 valence electrons. The summed E-state index contributed by atoms with van der Waals surface area (Å²) in [6.45, 7) is 2.05. The number of carbonyl (C=O) groups is 1. The second-order valence-corrected chi connectivity index (χ2v) is 3.61. The average molecular weight is 245 g/mol. The van der Waals surface area contributed by atoms with Crippen molar-refractivity contribution in [3.05, 3.63) is 40.4 Å². The van der Waals surface area contributed by atoms with Crippen LogP contribution in [0.5, 0.6) is 0 Å². The second-order valence-electron chi connectivity index (χ2n) is 2.87. The topological polar surface area (TPSA) is 26.3 Å². The van der Waals surface area contributed by atoms with Gasteiger partial charge in [-0.25, -0.2) is 4.79 Å². The molecule has 0 bridgehead atoms. The van der Waals surface area contributed by atoms with Gasteiger partial charge in [-0.05, 0) is 30.2 Å². The van der Waals surface area contributed by atoms with Crippen LogP contribution < -0.4 is 0 Å². The number of hydrogen-bond acceptors (Lipinski definition) is 2. The van der Waals surface area contributed by atoms with E-state index in [9.17, 15) is 4.79 Å². The summed E-state index contributed by atoms with van der Waals surface area (Å²) >= 11 is 10.9. The van der Waals surface area contributed by atoms with E-state index in [-0.39, 0.29) is 6.61 Å². The van der Waals surface area contributed by atoms with Crippen LogP contribution in [0.2, 0.25) is 5.02 Å². The third-order valence-corrected chi connectivity index (χ3v) is 2.14. The molecule has 0 N–H and O–H groups in total. The predicted octanol–water partition coefficient (Wildman–Crippen LogP) is 4.25. The maximum atomic E-state index is 10.5. The van der Waals surface area contributed by atoms with Crippen molar-refractivity contribution in [3.8, 4) is 0 Å². The van der Waals surface area contributed by atoms with Crippen molar-refractivity contribution in [3.63, 3.8) is 0 Å². The highest BCUT2D eigenvalue weighted by molar-refractivity contribution is 6.61. The fraction of sp³-hybridized carbons (Fsp3) is 0.182. The van der Waals surface area contributed by atoms with Crippen LogP contribution in [-0.2, 0) is 11.3 Å². The summed E-state index contributed by atoms with van der Waals surface area (Å²) in [7, 11) is 0. The van der Waals surface area contributed by atoms with Crippen molar-refractivity contribution >= 4 is 34.7 Å². The van der Waals surface area contributed by atoms with Crippen molar-refractivity contribution in [2.45, 2.75) is 13.5 Å². The van der Waals surface area contributed by atoms with Crippen LogP contribution in [0, 0.1) is 0 Å². The molecule has 0 spiro atoms. The minimum atomic E-state index is -0.809. The van der Waals surface area contributed by atoms with Crippen LogP contribution in [0.1, 0.15) is 18.1 Å². The van der Waals surface area contributed by atoms with Crippen molar-refractivity contribution < 1.29 is 9.53 Å². The second kappa shape index (κ2) is 5.79. The Bertz CT molecular complexity index is 386. The van der Waals surface area contributed by atoms with E-state index in [2.05, 4.69) is 0 Å². The van der Waals surface area contributed by atoms with Gasteiger partial charge < -0.3 is 4.74 Å². The first-order chi connectivity index (χ1) is 7.13. The van der Waals surface area contributed by atoms with Crippen molar-refractivity contribution in [1.29, 1.82) is 0 Å². The molecule has 1 aromatic carbocycles. The summed E-state index contributed by atoms with van der Waals surface area (Å²) in [5.74, 6) is 0. The Morgan fingerprint density at radius 1 is 1.53 bits per heavy atom. The Labute approximate surface area is 98.4 Å². The van der Waals surface area contributed by atoms with Crippen LogP contribution in [0.3, 0.4) is 0 Å². The van der Waals surface area contributed by atoms with E-state index >= 15 is 0 Å². The number of rotatable bonds is 3. The van der Waals surface area contributed by atoms with Gasteiger partial charge in [0.05, 0.1) is 0 Å². The molecule has 0 atom stereocenters. The van der Waals surface area contributed by atoms with Crippen molar-refractivity contribution in [2.75, 3.05) is 0 Å². The normalized spacial score (nSPS) is 10.6. The molecule has 2 nitrogen and oxygen atoms in total. The molecule has 0 unspecified atom stereocenters. The molecule has 4 heteroatoms. The minimum Gasteiger partial charge on any atom is -0.449 e. The zero-order chi connectivity index (χ0) is 11.3. The molecule has 0 amide bonds. The van der Waals surface area contributed by atoms with E-state index in [1.54, 1.807) is 18.2 Å². The first-order valence-corrected chi connectivity index (χ1v) is 5.12. The average Bonchev–Trinajstić information content (AvgIpc) is 2.17. The zero-order valence-electron chi connectivity index (χ0n) is 8.17. The first kappa shape index (κ1) is 12.1. The minimum absolute atomic E-state index is 0.152. The first-order valence-electron chi connectivity index (χ1n) is 4.37. The molecule has 1 rings (SSSR count). The number of benzene rings is 1. The molecule has 0 saturated carbocycles. The van der Waals surface area contributed by atoms with Gasteiger partial charge in [0, 0.05) is 16.6 Å². The van der Waals surface area contributed by atoms with Crippen LogP contribution in [0.25, 0.3) is 6.08 Å². The Morgan fingerprint density at radius 3 is 2.87 bits per heavy atom. The highest BCUT2D eigenvalue weighted by Crippen LogP contribution is 2.18. The Balaban J connectivity index is 2.90. The summed E-state index contributed by atoms with van der Waals surface area (Å²) in [4.78, 5) is 10.5. The molecule has 0 aromatic heterocycles. The van der Waals surface area contributed by atoms with Gasteiger partial charge in [0.1, 0.15) is 6.61 Å². The quantitative estimate of drug-likeness (QED) is 0.744. The molecular weight excluding hydrogens is 235 g/mol. The summed E-state index contributed by atoms with van der Waals surface area (Å²) in [6, 6.07) is 5.35. The van der Waals surface area contributed by atoms with Gasteiger partial charge in [-0.1, -0.05) is 29.8 Å². The maximum Gasteiger partial charge on any atom is 0.404 e. The lowest BCUT2D eigenvalue weighted by molar-refractivity contribution is 0.167. The fourth-order valence-electron chi connectivity index (χ4n) is 1.17. The van der Waals surface area contributed by atoms with Crippen LogP contribution in [0.15, 0.2) is 24.3 Å². The molecular formula is C11H10Cl2O2. The number of carbonyl (C=O) groups excluding carboxylic acids is 1. The Kier molecular flexibility index (Phi) is 4.66. The van der Waals surface area contributed by atoms with Gasteiger partial charge in [0.2, 0.25) is 0 Å². The van der Waals surface area contributed by atoms with Gasteiger partial charge in [-0.15, -0.1) is 0 Å². The van der Waals surface area contributed by atoms with E-state index < -0.39 is 5.43 Å². The molecule has 0 heterocycles. The van der Waals surface area contributed by atoms with Gasteiger partial charge in [-0.3, -0.25) is 0 Å². The summed E-state index contributed by atoms with van der Waals surface area (Å²) in [5, 5.41) is 0.643. The molecule has 0 aliphatic rings. The number of ether oxygens (including phenoxy) is 1. The predicted molar refractivity (Wildman–Crippen MR) is 62.2 cm³/mol. The largest absolute Gasteiger partial charge is 0.449 e. The van der Waals surface area contributed by atoms with E-state index in [0.717, 1.165) is 11.1 Å². The highest BCUT2D eigenvalue weighted by Gasteiger charge is 2.03. The molecule has 0 saturated heterocycles. The Hall–Kier alpha value is -0.990. The van der Waals surface area contributed by atoms with Gasteiger partial charge in [0.25, 0.3) is 0 Å². The highest BCUT2D eigenvalue weighted by atomic mass is 35.5. The third-order valence-electron chi connectivity index (χ3n) is 1.80. The van der Waals surface area contributed by atoms with Gasteiger partial charge >= 0.3 is 5.43 Å². The van der Waals surface area contributed by atoms with E-state index in [4.69, 9.17) is 27.9 Å². The monoisotopic (exact) mass is 244 g/mol. The molecule has 0 fully saturated rings. The van der Waals surface area contributed by atoms with E-state index in [1.807, 2.05) is 19.1 Å². The SMILES string of the molecule is CC=Cc1cc(Cl)ccc1COC(=O)Cl. The van der Waals surface area contributed by atoms with Crippen LogP contribution in [0.4, 0.5) is 4.79 Å². The van der Waals surface area contributed by atoms with Crippen molar-refractivity contribution in [2.24, 2.45) is 0 Å². The smallest absolute Gasteiger partial charge is 0.404 e. The zero-order valence-corrected chi connectivity index (χ0v) is 9.68. The van der Waals surface area contributed by atoms with Crippen LogP contribution in [-0.4, -0.2) is 5.43 Å². The van der Waals surface area contributed by atoms with E-state index in [1.165, 1.54) is 0 Å². The standard InChI is InChI=1S/C11H10Cl2O2/c1-2-3-8-6-10(12)5-4-9(8)7-15-11(13)14/h2-6H,7H2,1H3. The lowest BCUT2D eigenvalue weighted by atomic mass is 10.1. The molecule has 0 radical (unpaired) electrons. The molecule has 0 aliphatic carbocycles. The summed E-state index contributed by atoms with van der Waals surface area (Å²) in [6.07, 6.45) is 3.78. The lowest BCUT2D eigenvalue weighted by Gasteiger charge is -2.06. The number of hydrogen-bond donors (Lipinski definition) is 0. The molecule has 1 aromatic rings. The maximum absolute atomic E-state index is 10.5. The van der Waals surface area contributed by atoms with Crippen molar-refractivity contribution in [1.82, 2.24) is 0 Å². The van der Waals surface area contributed by atoms with Gasteiger partial charge in [0.15, 0.2) is 0 Å². The number of allylic oxidation sites excluding steroid dienone is 1. The summed E-state index contributed by atoms with van der Waals surface area (Å²) in [5.41, 5.74) is 0.978. The van der Waals surface area contributed by atoms with E-state index in [0.29, 0.717) is 5.02 Å². The fourth-order valence-corrected chi connectivity index (χ4v) is 1.40. The summed E-state index contributed by atoms with van der Waals surface area (Å²) < 4.78 is 4.70. The molecule has 0 aliphatic heterocycles. The Morgan fingerprint density at radius 2 is 2.27 bits per heavy atom.